The van der Waals surface area contributed by atoms with Crippen LogP contribution in [0.1, 0.15) is 50.5 Å². The maximum atomic E-state index is 12.8. The van der Waals surface area contributed by atoms with Crippen LogP contribution in [-0.2, 0) is 11.3 Å². The highest BCUT2D eigenvalue weighted by Gasteiger charge is 2.26. The molecule has 7 heteroatoms. The van der Waals surface area contributed by atoms with Gasteiger partial charge in [-0.1, -0.05) is 49.6 Å². The van der Waals surface area contributed by atoms with Gasteiger partial charge in [-0.15, -0.1) is 0 Å². The minimum atomic E-state index is -0.117. The van der Waals surface area contributed by atoms with E-state index in [1.54, 1.807) is 12.3 Å². The number of carbonyl (C=O) groups is 1. The van der Waals surface area contributed by atoms with Gasteiger partial charge in [0.05, 0.1) is 24.3 Å². The minimum absolute atomic E-state index is 0.0505. The Bertz CT molecular complexity index is 955. The Morgan fingerprint density at radius 1 is 1.12 bits per heavy atom. The van der Waals surface area contributed by atoms with Gasteiger partial charge in [0.15, 0.2) is 0 Å². The first-order valence-corrected chi connectivity index (χ1v) is 12.4. The number of nitrogens with zero attached hydrogens (tertiary/aromatic N) is 4. The molecule has 1 unspecified atom stereocenters. The molecule has 1 saturated carbocycles. The molecule has 178 valence electrons. The van der Waals surface area contributed by atoms with E-state index in [0.717, 1.165) is 37.2 Å². The molecule has 0 radical (unpaired) electrons. The Kier molecular flexibility index (Phi) is 8.15. The maximum Gasteiger partial charge on any atom is 0.269 e. The van der Waals surface area contributed by atoms with Crippen LogP contribution in [0, 0.1) is 5.92 Å². The fourth-order valence-corrected chi connectivity index (χ4v) is 5.10. The van der Waals surface area contributed by atoms with Crippen molar-refractivity contribution in [2.75, 3.05) is 38.1 Å². The van der Waals surface area contributed by atoms with Crippen LogP contribution in [-0.4, -0.2) is 59.9 Å². The molecule has 33 heavy (non-hydrogen) atoms. The van der Waals surface area contributed by atoms with Crippen molar-refractivity contribution < 1.29 is 4.79 Å². The standard InChI is InChI=1S/C26H37N5O2/c1-29(23-12-6-3-7-13-23)16-14-27-26(33)22-11-8-15-30(20-22)24-17-25(32)31(28-18-24)19-21-9-4-2-5-10-21/h2,4-5,9-10,17-18,22-23H,3,6-8,11-16,19-20H2,1H3,(H,27,33). The van der Waals surface area contributed by atoms with E-state index in [1.807, 2.05) is 30.3 Å². The third kappa shape index (κ3) is 6.44. The van der Waals surface area contributed by atoms with E-state index < -0.39 is 0 Å². The van der Waals surface area contributed by atoms with Crippen molar-refractivity contribution in [2.24, 2.45) is 5.92 Å². The summed E-state index contributed by atoms with van der Waals surface area (Å²) in [5.41, 5.74) is 1.73. The molecule has 0 spiro atoms. The second-order valence-corrected chi connectivity index (χ2v) is 9.54. The predicted octanol–water partition coefficient (Wildman–Crippen LogP) is 2.89. The molecule has 1 atom stereocenters. The van der Waals surface area contributed by atoms with E-state index >= 15 is 0 Å². The molecule has 2 heterocycles. The van der Waals surface area contributed by atoms with Crippen LogP contribution in [0.2, 0.25) is 0 Å². The van der Waals surface area contributed by atoms with Crippen LogP contribution in [0.15, 0.2) is 47.4 Å². The summed E-state index contributed by atoms with van der Waals surface area (Å²) in [5, 5.41) is 7.54. The van der Waals surface area contributed by atoms with Gasteiger partial charge < -0.3 is 15.1 Å². The largest absolute Gasteiger partial charge is 0.369 e. The van der Waals surface area contributed by atoms with E-state index in [1.165, 1.54) is 36.8 Å². The zero-order valence-corrected chi connectivity index (χ0v) is 19.8. The third-order valence-electron chi connectivity index (χ3n) is 7.15. The SMILES string of the molecule is CN(CCNC(=O)C1CCCN(c2cnn(Cc3ccccc3)c(=O)c2)C1)C1CCCCC1. The molecule has 1 aliphatic carbocycles. The summed E-state index contributed by atoms with van der Waals surface area (Å²) in [7, 11) is 2.18. The van der Waals surface area contributed by atoms with Gasteiger partial charge in [-0.25, -0.2) is 4.68 Å². The molecule has 4 rings (SSSR count). The first-order valence-electron chi connectivity index (χ1n) is 12.4. The monoisotopic (exact) mass is 451 g/mol. The van der Waals surface area contributed by atoms with E-state index in [0.29, 0.717) is 25.7 Å². The van der Waals surface area contributed by atoms with Crippen LogP contribution < -0.4 is 15.8 Å². The molecular weight excluding hydrogens is 414 g/mol. The van der Waals surface area contributed by atoms with Gasteiger partial charge >= 0.3 is 0 Å². The predicted molar refractivity (Wildman–Crippen MR) is 131 cm³/mol. The smallest absolute Gasteiger partial charge is 0.269 e. The van der Waals surface area contributed by atoms with Gasteiger partial charge in [0.25, 0.3) is 5.56 Å². The van der Waals surface area contributed by atoms with Crippen molar-refractivity contribution in [3.8, 4) is 0 Å². The summed E-state index contributed by atoms with van der Waals surface area (Å²) in [4.78, 5) is 30.0. The molecular formula is C26H37N5O2. The maximum absolute atomic E-state index is 12.8. The highest BCUT2D eigenvalue weighted by atomic mass is 16.2. The Morgan fingerprint density at radius 2 is 1.91 bits per heavy atom. The van der Waals surface area contributed by atoms with Crippen molar-refractivity contribution >= 4 is 11.6 Å². The average molecular weight is 452 g/mol. The molecule has 2 aromatic rings. The molecule has 1 aromatic carbocycles. The molecule has 7 nitrogen and oxygen atoms in total. The van der Waals surface area contributed by atoms with Gasteiger partial charge in [0.1, 0.15) is 0 Å². The first-order chi connectivity index (χ1) is 16.1. The van der Waals surface area contributed by atoms with Gasteiger partial charge in [-0.2, -0.15) is 5.10 Å². The number of piperidine rings is 1. The zero-order valence-electron chi connectivity index (χ0n) is 19.8. The van der Waals surface area contributed by atoms with E-state index in [2.05, 4.69) is 27.3 Å². The summed E-state index contributed by atoms with van der Waals surface area (Å²) >= 11 is 0. The zero-order chi connectivity index (χ0) is 23.0. The Balaban J connectivity index is 1.28. The number of carbonyl (C=O) groups excluding carboxylic acids is 1. The van der Waals surface area contributed by atoms with E-state index in [-0.39, 0.29) is 17.4 Å². The van der Waals surface area contributed by atoms with Crippen molar-refractivity contribution in [3.63, 3.8) is 0 Å². The molecule has 0 bridgehead atoms. The van der Waals surface area contributed by atoms with Crippen molar-refractivity contribution in [1.82, 2.24) is 20.0 Å². The summed E-state index contributed by atoms with van der Waals surface area (Å²) in [6, 6.07) is 12.2. The number of anilines is 1. The van der Waals surface area contributed by atoms with Crippen LogP contribution in [0.5, 0.6) is 0 Å². The lowest BCUT2D eigenvalue weighted by atomic mass is 9.94. The fraction of sp³-hybridized carbons (Fsp3) is 0.577. The number of hydrogen-bond acceptors (Lipinski definition) is 5. The molecule has 1 amide bonds. The van der Waals surface area contributed by atoms with Crippen molar-refractivity contribution in [3.05, 3.63) is 58.5 Å². The molecule has 2 aliphatic rings. The summed E-state index contributed by atoms with van der Waals surface area (Å²) < 4.78 is 1.48. The van der Waals surface area contributed by atoms with Crippen LogP contribution in [0.25, 0.3) is 0 Å². The average Bonchev–Trinajstić information content (AvgIpc) is 2.86. The summed E-state index contributed by atoms with van der Waals surface area (Å²) in [6.07, 6.45) is 10.1. The molecule has 2 fully saturated rings. The topological polar surface area (TPSA) is 70.5 Å². The molecule has 1 saturated heterocycles. The Labute approximate surface area is 196 Å². The van der Waals surface area contributed by atoms with Crippen LogP contribution >= 0.6 is 0 Å². The lowest BCUT2D eigenvalue weighted by Crippen LogP contribution is -2.45. The summed E-state index contributed by atoms with van der Waals surface area (Å²) in [5.74, 6) is 0.0765. The minimum Gasteiger partial charge on any atom is -0.369 e. The second-order valence-electron chi connectivity index (χ2n) is 9.54. The van der Waals surface area contributed by atoms with Gasteiger partial charge in [-0.05, 0) is 38.3 Å². The lowest BCUT2D eigenvalue weighted by molar-refractivity contribution is -0.125. The van der Waals surface area contributed by atoms with Gasteiger partial charge in [0, 0.05) is 38.3 Å². The lowest BCUT2D eigenvalue weighted by Gasteiger charge is -2.34. The first kappa shape index (κ1) is 23.5. The number of benzene rings is 1. The normalized spacial score (nSPS) is 19.6. The highest BCUT2D eigenvalue weighted by Crippen LogP contribution is 2.23. The molecule has 1 N–H and O–H groups in total. The number of rotatable bonds is 8. The molecule has 1 aromatic heterocycles. The third-order valence-corrected chi connectivity index (χ3v) is 7.15. The summed E-state index contributed by atoms with van der Waals surface area (Å²) in [6.45, 7) is 3.53. The Hall–Kier alpha value is -2.67. The molecule has 1 aliphatic heterocycles. The fourth-order valence-electron chi connectivity index (χ4n) is 5.10. The Morgan fingerprint density at radius 3 is 2.67 bits per heavy atom. The highest BCUT2D eigenvalue weighted by molar-refractivity contribution is 5.79. The number of hydrogen-bond donors (Lipinski definition) is 1. The van der Waals surface area contributed by atoms with Crippen molar-refractivity contribution in [1.29, 1.82) is 0 Å². The van der Waals surface area contributed by atoms with Crippen LogP contribution in [0.3, 0.4) is 0 Å². The quantitative estimate of drug-likeness (QED) is 0.668. The van der Waals surface area contributed by atoms with E-state index in [4.69, 9.17) is 0 Å². The van der Waals surface area contributed by atoms with Crippen molar-refractivity contribution in [2.45, 2.75) is 57.5 Å². The second kappa shape index (κ2) is 11.5. The van der Waals surface area contributed by atoms with Gasteiger partial charge in [-0.3, -0.25) is 9.59 Å². The number of aromatic nitrogens is 2. The van der Waals surface area contributed by atoms with Crippen LogP contribution in [0.4, 0.5) is 5.69 Å². The number of nitrogens with one attached hydrogen (secondary N) is 1. The van der Waals surface area contributed by atoms with E-state index in [9.17, 15) is 9.59 Å². The van der Waals surface area contributed by atoms with Gasteiger partial charge in [0.2, 0.25) is 5.91 Å². The number of likely N-dealkylation sites (N-methyl/N-ethyl adjacent to an activating group) is 1. The number of amides is 1.